The highest BCUT2D eigenvalue weighted by Crippen LogP contribution is 2.62. The molecule has 0 fully saturated rings. The smallest absolute Gasteiger partial charge is 0.0782 e. The van der Waals surface area contributed by atoms with Crippen molar-refractivity contribution in [3.63, 3.8) is 0 Å². The molecule has 8 aromatic carbocycles. The fourth-order valence-corrected chi connectivity index (χ4v) is 8.38. The van der Waals surface area contributed by atoms with Crippen molar-refractivity contribution in [2.75, 3.05) is 10.2 Å². The number of hydrogen-bond acceptors (Lipinski definition) is 2. The molecule has 240 valence electrons. The second kappa shape index (κ2) is 11.8. The second-order valence-corrected chi connectivity index (χ2v) is 13.4. The van der Waals surface area contributed by atoms with Gasteiger partial charge in [-0.3, -0.25) is 0 Å². The summed E-state index contributed by atoms with van der Waals surface area (Å²) in [5.41, 5.74) is 17.4. The predicted molar refractivity (Wildman–Crippen MR) is 213 cm³/mol. The summed E-state index contributed by atoms with van der Waals surface area (Å²) in [6.45, 7) is 0. The highest BCUT2D eigenvalue weighted by molar-refractivity contribution is 5.95. The zero-order valence-corrected chi connectivity index (χ0v) is 28.0. The van der Waals surface area contributed by atoms with E-state index in [9.17, 15) is 0 Å². The van der Waals surface area contributed by atoms with Crippen molar-refractivity contribution >= 4 is 28.4 Å². The molecule has 0 aromatic heterocycles. The summed E-state index contributed by atoms with van der Waals surface area (Å²) in [5.74, 6) is 0. The average molecular weight is 651 g/mol. The Labute approximate surface area is 298 Å². The number of hydrogen-bond donors (Lipinski definition) is 1. The molecule has 1 spiro atoms. The lowest BCUT2D eigenvalue weighted by Gasteiger charge is -2.49. The lowest BCUT2D eigenvalue weighted by Crippen LogP contribution is -2.40. The molecule has 2 heteroatoms. The van der Waals surface area contributed by atoms with Crippen LogP contribution in [0, 0.1) is 0 Å². The van der Waals surface area contributed by atoms with Crippen LogP contribution in [0.25, 0.3) is 33.4 Å². The maximum Gasteiger partial charge on any atom is 0.0782 e. The summed E-state index contributed by atoms with van der Waals surface area (Å²) >= 11 is 0. The number of fused-ring (bicyclic) bond motifs is 8. The van der Waals surface area contributed by atoms with Crippen molar-refractivity contribution in [3.8, 4) is 33.4 Å². The van der Waals surface area contributed by atoms with Gasteiger partial charge in [0.1, 0.15) is 0 Å². The van der Waals surface area contributed by atoms with Crippen LogP contribution in [0.1, 0.15) is 22.3 Å². The summed E-state index contributed by atoms with van der Waals surface area (Å²) in [5, 5.41) is 3.85. The van der Waals surface area contributed by atoms with Gasteiger partial charge in [0.05, 0.1) is 16.8 Å². The SMILES string of the molecule is c1ccc(-c2ccc(N3c4ccccc4C4(c5ccccc5Nc5ccc(-c6ccccc6)cc54)c4cc(-c5ccccc5)ccc43)cc2)cc1. The molecule has 0 bridgehead atoms. The predicted octanol–water partition coefficient (Wildman–Crippen LogP) is 12.9. The Morgan fingerprint density at radius 3 is 1.43 bits per heavy atom. The summed E-state index contributed by atoms with van der Waals surface area (Å²) in [7, 11) is 0. The van der Waals surface area contributed by atoms with Crippen molar-refractivity contribution in [1.29, 1.82) is 0 Å². The number of para-hydroxylation sites is 2. The molecule has 1 atom stereocenters. The van der Waals surface area contributed by atoms with E-state index in [1.165, 1.54) is 67.0 Å². The third-order valence-corrected chi connectivity index (χ3v) is 10.7. The third kappa shape index (κ3) is 4.57. The molecule has 1 unspecified atom stereocenters. The van der Waals surface area contributed by atoms with Gasteiger partial charge in [0, 0.05) is 17.1 Å². The Hall–Kier alpha value is -6.64. The normalized spacial score (nSPS) is 15.3. The number of benzene rings is 8. The van der Waals surface area contributed by atoms with E-state index in [0.717, 1.165) is 17.1 Å². The van der Waals surface area contributed by atoms with Gasteiger partial charge in [-0.2, -0.15) is 0 Å². The Kier molecular flexibility index (Phi) is 6.75. The molecular formula is C49H34N2. The molecule has 2 aliphatic heterocycles. The Morgan fingerprint density at radius 1 is 0.314 bits per heavy atom. The van der Waals surface area contributed by atoms with E-state index in [-0.39, 0.29) is 0 Å². The van der Waals surface area contributed by atoms with Gasteiger partial charge < -0.3 is 10.2 Å². The number of nitrogens with one attached hydrogen (secondary N) is 1. The molecule has 2 aliphatic rings. The van der Waals surface area contributed by atoms with Crippen LogP contribution in [0.5, 0.6) is 0 Å². The van der Waals surface area contributed by atoms with Gasteiger partial charge in [0.25, 0.3) is 0 Å². The topological polar surface area (TPSA) is 15.3 Å². The van der Waals surface area contributed by atoms with Crippen LogP contribution >= 0.6 is 0 Å². The first-order valence-electron chi connectivity index (χ1n) is 17.6. The lowest BCUT2D eigenvalue weighted by molar-refractivity contribution is 0.728. The fourth-order valence-electron chi connectivity index (χ4n) is 8.38. The van der Waals surface area contributed by atoms with Crippen molar-refractivity contribution < 1.29 is 0 Å². The highest BCUT2D eigenvalue weighted by atomic mass is 15.2. The first-order chi connectivity index (χ1) is 25.3. The van der Waals surface area contributed by atoms with Gasteiger partial charge in [-0.15, -0.1) is 0 Å². The Bertz CT molecular complexity index is 2540. The summed E-state index contributed by atoms with van der Waals surface area (Å²) < 4.78 is 0. The monoisotopic (exact) mass is 650 g/mol. The first kappa shape index (κ1) is 29.3. The molecule has 0 saturated heterocycles. The van der Waals surface area contributed by atoms with Gasteiger partial charge in [0.2, 0.25) is 0 Å². The molecule has 2 heterocycles. The van der Waals surface area contributed by atoms with Gasteiger partial charge in [-0.25, -0.2) is 0 Å². The lowest BCUT2D eigenvalue weighted by atomic mass is 9.60. The molecule has 51 heavy (non-hydrogen) atoms. The molecule has 8 aromatic rings. The largest absolute Gasteiger partial charge is 0.355 e. The quantitative estimate of drug-likeness (QED) is 0.204. The van der Waals surface area contributed by atoms with Crippen LogP contribution in [0.4, 0.5) is 28.4 Å². The van der Waals surface area contributed by atoms with Crippen molar-refractivity contribution in [2.45, 2.75) is 5.41 Å². The standard InChI is InChI=1S/C49H34N2/c1-4-14-34(15-5-1)37-24-28-40(29-25-37)51-47-23-13-11-21-42(47)49(44-33-39(27-31-48(44)51)36-18-8-3-9-19-36)41-20-10-12-22-45(41)50-46-30-26-38(32-43(46)49)35-16-6-2-7-17-35/h1-33,50H. The summed E-state index contributed by atoms with van der Waals surface area (Å²) in [6.07, 6.45) is 0. The van der Waals surface area contributed by atoms with Crippen molar-refractivity contribution in [3.05, 3.63) is 222 Å². The summed E-state index contributed by atoms with van der Waals surface area (Å²) in [4.78, 5) is 2.46. The molecule has 0 radical (unpaired) electrons. The maximum absolute atomic E-state index is 3.85. The average Bonchev–Trinajstić information content (AvgIpc) is 3.21. The number of nitrogens with zero attached hydrogens (tertiary/aromatic N) is 1. The van der Waals surface area contributed by atoms with Crippen LogP contribution in [-0.2, 0) is 5.41 Å². The Morgan fingerprint density at radius 2 is 0.765 bits per heavy atom. The van der Waals surface area contributed by atoms with Crippen LogP contribution in [0.2, 0.25) is 0 Å². The van der Waals surface area contributed by atoms with Crippen molar-refractivity contribution in [2.24, 2.45) is 0 Å². The van der Waals surface area contributed by atoms with E-state index in [2.05, 4.69) is 210 Å². The van der Waals surface area contributed by atoms with E-state index in [0.29, 0.717) is 0 Å². The summed E-state index contributed by atoms with van der Waals surface area (Å²) in [6, 6.07) is 73.1. The van der Waals surface area contributed by atoms with Crippen LogP contribution in [0.3, 0.4) is 0 Å². The minimum Gasteiger partial charge on any atom is -0.355 e. The van der Waals surface area contributed by atoms with E-state index in [4.69, 9.17) is 0 Å². The van der Waals surface area contributed by atoms with Gasteiger partial charge in [0.15, 0.2) is 0 Å². The molecule has 2 nitrogen and oxygen atoms in total. The molecule has 0 aliphatic carbocycles. The fraction of sp³-hybridized carbons (Fsp3) is 0.0204. The molecular weight excluding hydrogens is 617 g/mol. The minimum absolute atomic E-state index is 0.598. The van der Waals surface area contributed by atoms with Crippen LogP contribution < -0.4 is 10.2 Å². The number of anilines is 5. The van der Waals surface area contributed by atoms with E-state index in [1.807, 2.05) is 0 Å². The maximum atomic E-state index is 3.85. The first-order valence-corrected chi connectivity index (χ1v) is 17.6. The molecule has 0 amide bonds. The van der Waals surface area contributed by atoms with E-state index >= 15 is 0 Å². The molecule has 0 saturated carbocycles. The van der Waals surface area contributed by atoms with Crippen LogP contribution in [-0.4, -0.2) is 0 Å². The van der Waals surface area contributed by atoms with E-state index in [1.54, 1.807) is 0 Å². The Balaban J connectivity index is 1.29. The highest BCUT2D eigenvalue weighted by Gasteiger charge is 2.50. The van der Waals surface area contributed by atoms with Gasteiger partial charge >= 0.3 is 0 Å². The minimum atomic E-state index is -0.598. The second-order valence-electron chi connectivity index (χ2n) is 13.4. The third-order valence-electron chi connectivity index (χ3n) is 10.7. The van der Waals surface area contributed by atoms with Gasteiger partial charge in [-0.1, -0.05) is 152 Å². The molecule has 10 rings (SSSR count). The number of rotatable bonds is 4. The van der Waals surface area contributed by atoms with Crippen LogP contribution in [0.15, 0.2) is 200 Å². The molecule has 1 N–H and O–H groups in total. The van der Waals surface area contributed by atoms with Gasteiger partial charge in [-0.05, 0) is 104 Å². The van der Waals surface area contributed by atoms with Crippen molar-refractivity contribution in [1.82, 2.24) is 0 Å². The zero-order valence-electron chi connectivity index (χ0n) is 28.0. The zero-order chi connectivity index (χ0) is 33.8. The van der Waals surface area contributed by atoms with E-state index < -0.39 is 5.41 Å².